The maximum atomic E-state index is 13.7. The van der Waals surface area contributed by atoms with E-state index in [2.05, 4.69) is 27.7 Å². The molecule has 2 unspecified atom stereocenters. The van der Waals surface area contributed by atoms with Gasteiger partial charge in [0.25, 0.3) is 47.3 Å². The number of rotatable bonds is 21. The van der Waals surface area contributed by atoms with E-state index in [1.54, 1.807) is 48.5 Å². The fourth-order valence-corrected chi connectivity index (χ4v) is 9.67. The summed E-state index contributed by atoms with van der Waals surface area (Å²) in [6.07, 6.45) is 7.54. The first kappa shape index (κ1) is 44.5. The molecule has 4 aliphatic rings. The van der Waals surface area contributed by atoms with Gasteiger partial charge in [0, 0.05) is 79.1 Å². The summed E-state index contributed by atoms with van der Waals surface area (Å²) in [6, 6.07) is 12.5. The van der Waals surface area contributed by atoms with E-state index in [0.717, 1.165) is 61.2 Å². The van der Waals surface area contributed by atoms with Crippen LogP contribution in [0.1, 0.15) is 162 Å². The minimum atomic E-state index is -0.546. The summed E-state index contributed by atoms with van der Waals surface area (Å²) in [7, 11) is 0. The Morgan fingerprint density at radius 2 is 0.625 bits per heavy atom. The number of benzene rings is 4. The van der Waals surface area contributed by atoms with Crippen LogP contribution in [-0.4, -0.2) is 119 Å². The predicted molar refractivity (Wildman–Crippen MR) is 238 cm³/mol. The molecular weight excluding hydrogens is 817 g/mol. The van der Waals surface area contributed by atoms with Crippen molar-refractivity contribution in [3.63, 3.8) is 0 Å². The quantitative estimate of drug-likeness (QED) is 0.0603. The van der Waals surface area contributed by atoms with Crippen molar-refractivity contribution in [2.75, 3.05) is 52.6 Å². The summed E-state index contributed by atoms with van der Waals surface area (Å²) >= 11 is 0. The molecule has 14 nitrogen and oxygen atoms in total. The average Bonchev–Trinajstić information content (AvgIpc) is 3.30. The minimum Gasteiger partial charge on any atom is -0.377 e. The molecule has 0 radical (unpaired) electrons. The summed E-state index contributed by atoms with van der Waals surface area (Å²) in [4.78, 5) is 115. The lowest BCUT2D eigenvalue weighted by Crippen LogP contribution is -2.45. The standard InChI is InChI=1S/C50H54N4O10/c1-5-9-11-29(7-3)27-53-47(59)35-17-13-31-39-32(14-18-36(41(35)39)48(53)60)44(56)51(43(31)55)21-23-63-25-26-64-24-22-52-45(57)33-15-19-37-42-38(20-16-34(40(33)42)46(52)58)50(62)54(49(37)61)28-30(8-4)12-10-6-2/h13-20,29-30H,5-12,21-28H2,1-4H3. The topological polar surface area (TPSA) is 168 Å². The Balaban J connectivity index is 0.846. The average molecular weight is 871 g/mol. The second-order valence-electron chi connectivity index (χ2n) is 17.2. The van der Waals surface area contributed by atoms with Crippen molar-refractivity contribution in [2.45, 2.75) is 79.1 Å². The molecule has 0 fully saturated rings. The van der Waals surface area contributed by atoms with Gasteiger partial charge in [-0.3, -0.25) is 58.0 Å². The van der Waals surface area contributed by atoms with E-state index >= 15 is 0 Å². The molecule has 0 spiro atoms. The Labute approximate surface area is 371 Å². The van der Waals surface area contributed by atoms with Gasteiger partial charge in [0.2, 0.25) is 0 Å². The molecule has 8 amide bonds. The van der Waals surface area contributed by atoms with Crippen molar-refractivity contribution in [1.29, 1.82) is 0 Å². The lowest BCUT2D eigenvalue weighted by atomic mass is 9.85. The summed E-state index contributed by atoms with van der Waals surface area (Å²) in [6.45, 7) is 9.05. The van der Waals surface area contributed by atoms with Crippen LogP contribution in [0.2, 0.25) is 0 Å². The summed E-state index contributed by atoms with van der Waals surface area (Å²) < 4.78 is 11.4. The second-order valence-corrected chi connectivity index (χ2v) is 17.2. The molecule has 0 N–H and O–H groups in total. The monoisotopic (exact) mass is 870 g/mol. The fourth-order valence-electron chi connectivity index (χ4n) is 9.67. The van der Waals surface area contributed by atoms with Crippen LogP contribution in [0.4, 0.5) is 0 Å². The number of unbranched alkanes of at least 4 members (excludes halogenated alkanes) is 2. The summed E-state index contributed by atoms with van der Waals surface area (Å²) in [5, 5.41) is 1.32. The lowest BCUT2D eigenvalue weighted by Gasteiger charge is -2.33. The van der Waals surface area contributed by atoms with Crippen LogP contribution in [-0.2, 0) is 9.47 Å². The first-order valence-electron chi connectivity index (χ1n) is 22.8. The molecule has 0 saturated heterocycles. The van der Waals surface area contributed by atoms with Crippen LogP contribution in [0.3, 0.4) is 0 Å². The van der Waals surface area contributed by atoms with Crippen LogP contribution in [0, 0.1) is 11.8 Å². The van der Waals surface area contributed by atoms with Gasteiger partial charge in [0.05, 0.1) is 39.5 Å². The van der Waals surface area contributed by atoms with Crippen LogP contribution in [0.25, 0.3) is 21.5 Å². The van der Waals surface area contributed by atoms with E-state index in [1.165, 1.54) is 9.80 Å². The molecule has 8 rings (SSSR count). The van der Waals surface area contributed by atoms with Gasteiger partial charge in [-0.05, 0) is 73.2 Å². The first-order chi connectivity index (χ1) is 31.0. The Morgan fingerprint density at radius 3 is 0.859 bits per heavy atom. The van der Waals surface area contributed by atoms with Gasteiger partial charge in [-0.15, -0.1) is 0 Å². The van der Waals surface area contributed by atoms with Gasteiger partial charge >= 0.3 is 0 Å². The highest BCUT2D eigenvalue weighted by atomic mass is 16.5. The van der Waals surface area contributed by atoms with Crippen LogP contribution in [0.5, 0.6) is 0 Å². The van der Waals surface area contributed by atoms with E-state index in [-0.39, 0.29) is 73.6 Å². The maximum absolute atomic E-state index is 13.7. The Morgan fingerprint density at radius 1 is 0.375 bits per heavy atom. The molecule has 0 aliphatic carbocycles. The van der Waals surface area contributed by atoms with Crippen LogP contribution in [0.15, 0.2) is 48.5 Å². The van der Waals surface area contributed by atoms with Gasteiger partial charge < -0.3 is 9.47 Å². The zero-order valence-corrected chi connectivity index (χ0v) is 37.0. The highest BCUT2D eigenvalue weighted by Gasteiger charge is 2.42. The van der Waals surface area contributed by atoms with Gasteiger partial charge in [0.1, 0.15) is 0 Å². The molecule has 4 aromatic carbocycles. The SMILES string of the molecule is CCCCC(CC)CN1C(=O)c2ccc3c4c(ccc(c24)C1=O)C(=O)N(CCOCCOCCN1C(=O)c2ccc4c5c(ccc(c25)C1=O)C(=O)N(CC(CC)CCCC)C4=O)C3=O. The van der Waals surface area contributed by atoms with Crippen molar-refractivity contribution in [2.24, 2.45) is 11.8 Å². The number of amides is 8. The molecule has 0 bridgehead atoms. The van der Waals surface area contributed by atoms with Gasteiger partial charge in [-0.1, -0.05) is 66.2 Å². The third-order valence-corrected chi connectivity index (χ3v) is 13.4. The summed E-state index contributed by atoms with van der Waals surface area (Å²) in [5.41, 5.74) is 2.15. The summed E-state index contributed by atoms with van der Waals surface area (Å²) in [5.74, 6) is -3.51. The Bertz CT molecular complexity index is 2320. The molecule has 4 aromatic rings. The zero-order valence-electron chi connectivity index (χ0n) is 37.0. The Kier molecular flexibility index (Phi) is 12.9. The molecule has 0 saturated carbocycles. The van der Waals surface area contributed by atoms with Gasteiger partial charge in [0.15, 0.2) is 0 Å². The fraction of sp³-hybridized carbons (Fsp3) is 0.440. The number of carbonyl (C=O) groups is 8. The molecular formula is C50H54N4O10. The Hall–Kier alpha value is -6.12. The number of hydrogen-bond acceptors (Lipinski definition) is 10. The number of carbonyl (C=O) groups excluding carboxylic acids is 8. The largest absolute Gasteiger partial charge is 0.377 e. The third-order valence-electron chi connectivity index (χ3n) is 13.4. The smallest absolute Gasteiger partial charge is 0.261 e. The minimum absolute atomic E-state index is 0.00666. The van der Waals surface area contributed by atoms with Crippen molar-refractivity contribution >= 4 is 68.8 Å². The number of imide groups is 4. The van der Waals surface area contributed by atoms with Crippen molar-refractivity contribution in [3.05, 3.63) is 93.0 Å². The van der Waals surface area contributed by atoms with Gasteiger partial charge in [-0.2, -0.15) is 0 Å². The van der Waals surface area contributed by atoms with Crippen molar-refractivity contribution < 1.29 is 47.8 Å². The first-order valence-corrected chi connectivity index (χ1v) is 22.8. The molecule has 64 heavy (non-hydrogen) atoms. The molecule has 14 heteroatoms. The molecule has 334 valence electrons. The van der Waals surface area contributed by atoms with E-state index in [4.69, 9.17) is 9.47 Å². The van der Waals surface area contributed by atoms with Crippen molar-refractivity contribution in [3.8, 4) is 0 Å². The van der Waals surface area contributed by atoms with Gasteiger partial charge in [-0.25, -0.2) is 0 Å². The molecule has 4 aliphatic heterocycles. The molecule has 2 atom stereocenters. The number of hydrogen-bond donors (Lipinski definition) is 0. The number of nitrogens with zero attached hydrogens (tertiary/aromatic N) is 4. The maximum Gasteiger partial charge on any atom is 0.261 e. The third kappa shape index (κ3) is 7.59. The molecule has 4 heterocycles. The normalized spacial score (nSPS) is 16.6. The zero-order chi connectivity index (χ0) is 45.4. The van der Waals surface area contributed by atoms with Crippen LogP contribution < -0.4 is 0 Å². The van der Waals surface area contributed by atoms with E-state index in [0.29, 0.717) is 56.9 Å². The highest BCUT2D eigenvalue weighted by Crippen LogP contribution is 2.40. The second kappa shape index (κ2) is 18.5. The lowest BCUT2D eigenvalue weighted by molar-refractivity contribution is 0.0264. The van der Waals surface area contributed by atoms with E-state index < -0.39 is 47.3 Å². The van der Waals surface area contributed by atoms with Crippen molar-refractivity contribution in [1.82, 2.24) is 19.6 Å². The van der Waals surface area contributed by atoms with E-state index in [1.807, 2.05) is 0 Å². The molecule has 0 aromatic heterocycles. The van der Waals surface area contributed by atoms with Crippen LogP contribution >= 0.6 is 0 Å². The predicted octanol–water partition coefficient (Wildman–Crippen LogP) is 7.54. The van der Waals surface area contributed by atoms with E-state index in [9.17, 15) is 38.4 Å². The highest BCUT2D eigenvalue weighted by molar-refractivity contribution is 6.34. The number of ether oxygens (including phenoxy) is 2.